The number of rotatable bonds is 21. The number of benzene rings is 1. The molecule has 0 aliphatic heterocycles. The first-order valence-electron chi connectivity index (χ1n) is 14.3. The van der Waals surface area contributed by atoms with E-state index in [2.05, 4.69) is 32.0 Å². The first kappa shape index (κ1) is 29.9. The molecule has 1 aromatic heterocycles. The fraction of sp³-hybridized carbons (Fsp3) is 0.677. The second kappa shape index (κ2) is 18.8. The molecule has 0 saturated carbocycles. The van der Waals surface area contributed by atoms with E-state index in [1.165, 1.54) is 117 Å². The van der Waals surface area contributed by atoms with Gasteiger partial charge in [-0.3, -0.25) is 0 Å². The molecule has 0 aliphatic carbocycles. The van der Waals surface area contributed by atoms with E-state index >= 15 is 0 Å². The van der Waals surface area contributed by atoms with Crippen LogP contribution in [0.2, 0.25) is 0 Å². The maximum Gasteiger partial charge on any atom is 0.119 e. The lowest BCUT2D eigenvalue weighted by Gasteiger charge is -2.10. The second-order valence-corrected chi connectivity index (χ2v) is 11.1. The Balaban J connectivity index is 1.87. The van der Waals surface area contributed by atoms with Crippen LogP contribution < -0.4 is 4.74 Å². The Morgan fingerprint density at radius 1 is 0.743 bits per heavy atom. The van der Waals surface area contributed by atoms with E-state index in [-0.39, 0.29) is 13.2 Å². The van der Waals surface area contributed by atoms with Crippen LogP contribution in [0.25, 0.3) is 10.4 Å². The zero-order chi connectivity index (χ0) is 25.1. The minimum Gasteiger partial charge on any atom is -0.491 e. The van der Waals surface area contributed by atoms with Crippen molar-refractivity contribution in [1.29, 1.82) is 0 Å². The van der Waals surface area contributed by atoms with Gasteiger partial charge in [-0.05, 0) is 67.1 Å². The molecule has 1 atom stereocenters. The Labute approximate surface area is 218 Å². The van der Waals surface area contributed by atoms with Gasteiger partial charge in [-0.2, -0.15) is 0 Å². The van der Waals surface area contributed by atoms with Crippen molar-refractivity contribution in [2.45, 2.75) is 123 Å². The summed E-state index contributed by atoms with van der Waals surface area (Å²) in [7, 11) is 0. The van der Waals surface area contributed by atoms with Crippen LogP contribution in [0.4, 0.5) is 0 Å². The Bertz CT molecular complexity index is 768. The molecule has 2 rings (SSSR count). The second-order valence-electron chi connectivity index (χ2n) is 9.98. The predicted octanol–water partition coefficient (Wildman–Crippen LogP) is 8.73. The molecule has 0 bridgehead atoms. The summed E-state index contributed by atoms with van der Waals surface area (Å²) in [4.78, 5) is 2.93. The summed E-state index contributed by atoms with van der Waals surface area (Å²) in [5.41, 5.74) is 2.75. The van der Waals surface area contributed by atoms with Gasteiger partial charge in [0.05, 0.1) is 6.61 Å². The van der Waals surface area contributed by atoms with Crippen molar-refractivity contribution < 1.29 is 14.9 Å². The third-order valence-corrected chi connectivity index (χ3v) is 7.99. The summed E-state index contributed by atoms with van der Waals surface area (Å²) in [6.45, 7) is 4.38. The summed E-state index contributed by atoms with van der Waals surface area (Å²) in [5.74, 6) is 0.730. The van der Waals surface area contributed by atoms with Crippen LogP contribution in [0.1, 0.15) is 114 Å². The largest absolute Gasteiger partial charge is 0.491 e. The molecule has 0 fully saturated rings. The van der Waals surface area contributed by atoms with Crippen LogP contribution in [0.3, 0.4) is 0 Å². The molecule has 0 amide bonds. The summed E-state index contributed by atoms with van der Waals surface area (Å²) < 4.78 is 5.59. The van der Waals surface area contributed by atoms with Crippen molar-refractivity contribution in [3.63, 3.8) is 0 Å². The number of hydrogen-bond donors (Lipinski definition) is 2. The summed E-state index contributed by atoms with van der Waals surface area (Å²) in [6.07, 6.45) is 20.5. The molecule has 0 saturated heterocycles. The minimum absolute atomic E-state index is 0.112. The number of ether oxygens (including phenoxy) is 1. The lowest BCUT2D eigenvalue weighted by Crippen LogP contribution is -2.21. The number of unbranched alkanes of at least 4 members (excludes halogenated alkanes) is 12. The molecule has 35 heavy (non-hydrogen) atoms. The Morgan fingerprint density at radius 3 is 1.89 bits per heavy atom. The van der Waals surface area contributed by atoms with E-state index in [4.69, 9.17) is 9.84 Å². The molecule has 0 spiro atoms. The quantitative estimate of drug-likeness (QED) is 0.168. The van der Waals surface area contributed by atoms with Crippen LogP contribution in [-0.4, -0.2) is 29.5 Å². The number of aliphatic hydroxyl groups excluding tert-OH is 2. The van der Waals surface area contributed by atoms with Gasteiger partial charge in [0, 0.05) is 9.75 Å². The standard InChI is InChI=1S/C31H50O3S/c1-3-5-7-9-10-11-12-13-14-16-18-30-23-27(17-15-8-6-4-2)31(35-30)26-19-21-29(22-20-26)34-25-28(33)24-32/h19-23,28,32-33H,3-18,24-25H2,1-2H3. The predicted molar refractivity (Wildman–Crippen MR) is 152 cm³/mol. The molecule has 2 aromatic rings. The van der Waals surface area contributed by atoms with Crippen molar-refractivity contribution in [2.75, 3.05) is 13.2 Å². The zero-order valence-electron chi connectivity index (χ0n) is 22.4. The van der Waals surface area contributed by atoms with Gasteiger partial charge in [0.15, 0.2) is 0 Å². The molecular formula is C31H50O3S. The van der Waals surface area contributed by atoms with Gasteiger partial charge >= 0.3 is 0 Å². The van der Waals surface area contributed by atoms with Gasteiger partial charge in [0.25, 0.3) is 0 Å². The van der Waals surface area contributed by atoms with E-state index in [9.17, 15) is 5.11 Å². The smallest absolute Gasteiger partial charge is 0.119 e. The van der Waals surface area contributed by atoms with Gasteiger partial charge in [-0.15, -0.1) is 11.3 Å². The topological polar surface area (TPSA) is 49.7 Å². The first-order valence-corrected chi connectivity index (χ1v) is 15.1. The average molecular weight is 503 g/mol. The number of hydrogen-bond acceptors (Lipinski definition) is 4. The average Bonchev–Trinajstić information content (AvgIpc) is 3.29. The number of aliphatic hydroxyl groups is 2. The SMILES string of the molecule is CCCCCCCCCCCCc1cc(CCCCCC)c(-c2ccc(OCC(O)CO)cc2)s1. The molecule has 2 N–H and O–H groups in total. The monoisotopic (exact) mass is 502 g/mol. The summed E-state index contributed by atoms with van der Waals surface area (Å²) in [6, 6.07) is 10.7. The molecule has 4 heteroatoms. The minimum atomic E-state index is -0.838. The maximum atomic E-state index is 9.51. The third-order valence-electron chi connectivity index (χ3n) is 6.71. The number of thiophene rings is 1. The van der Waals surface area contributed by atoms with E-state index < -0.39 is 6.10 Å². The third kappa shape index (κ3) is 12.4. The molecule has 1 aromatic carbocycles. The Morgan fingerprint density at radius 2 is 1.29 bits per heavy atom. The van der Waals surface area contributed by atoms with Gasteiger partial charge in [0.2, 0.25) is 0 Å². The molecule has 0 aliphatic rings. The van der Waals surface area contributed by atoms with E-state index in [1.54, 1.807) is 0 Å². The van der Waals surface area contributed by atoms with Crippen molar-refractivity contribution in [3.05, 3.63) is 40.8 Å². The van der Waals surface area contributed by atoms with Crippen LogP contribution in [0, 0.1) is 0 Å². The molecule has 3 nitrogen and oxygen atoms in total. The lowest BCUT2D eigenvalue weighted by molar-refractivity contribution is 0.0536. The maximum absolute atomic E-state index is 9.51. The highest BCUT2D eigenvalue weighted by Crippen LogP contribution is 2.35. The van der Waals surface area contributed by atoms with Gasteiger partial charge < -0.3 is 14.9 Å². The van der Waals surface area contributed by atoms with Crippen molar-refractivity contribution in [3.8, 4) is 16.2 Å². The van der Waals surface area contributed by atoms with Gasteiger partial charge in [0.1, 0.15) is 18.5 Å². The van der Waals surface area contributed by atoms with Crippen LogP contribution in [-0.2, 0) is 12.8 Å². The number of aryl methyl sites for hydroxylation is 2. The Kier molecular flexibility index (Phi) is 16.1. The normalized spacial score (nSPS) is 12.2. The van der Waals surface area contributed by atoms with Gasteiger partial charge in [-0.25, -0.2) is 0 Å². The van der Waals surface area contributed by atoms with E-state index in [1.807, 2.05) is 23.5 Å². The fourth-order valence-corrected chi connectivity index (χ4v) is 5.77. The fourth-order valence-electron chi connectivity index (χ4n) is 4.52. The molecule has 1 unspecified atom stereocenters. The van der Waals surface area contributed by atoms with E-state index in [0.717, 1.165) is 12.2 Å². The first-order chi connectivity index (χ1) is 17.2. The lowest BCUT2D eigenvalue weighted by atomic mass is 10.0. The summed E-state index contributed by atoms with van der Waals surface area (Å²) in [5, 5.41) is 18.5. The van der Waals surface area contributed by atoms with Crippen LogP contribution in [0.5, 0.6) is 5.75 Å². The highest BCUT2D eigenvalue weighted by atomic mass is 32.1. The van der Waals surface area contributed by atoms with E-state index in [0.29, 0.717) is 0 Å². The molecule has 198 valence electrons. The van der Waals surface area contributed by atoms with Crippen molar-refractivity contribution in [1.82, 2.24) is 0 Å². The van der Waals surface area contributed by atoms with Crippen LogP contribution in [0.15, 0.2) is 30.3 Å². The van der Waals surface area contributed by atoms with Gasteiger partial charge in [-0.1, -0.05) is 90.9 Å². The highest BCUT2D eigenvalue weighted by molar-refractivity contribution is 7.15. The van der Waals surface area contributed by atoms with Crippen molar-refractivity contribution in [2.24, 2.45) is 0 Å². The van der Waals surface area contributed by atoms with Crippen LogP contribution >= 0.6 is 11.3 Å². The highest BCUT2D eigenvalue weighted by Gasteiger charge is 2.12. The zero-order valence-corrected chi connectivity index (χ0v) is 23.2. The molecule has 0 radical (unpaired) electrons. The molecular weight excluding hydrogens is 452 g/mol. The summed E-state index contributed by atoms with van der Waals surface area (Å²) >= 11 is 1.97. The Hall–Kier alpha value is -1.36. The van der Waals surface area contributed by atoms with Crippen molar-refractivity contribution >= 4 is 11.3 Å². The molecule has 1 heterocycles.